The Kier molecular flexibility index (Phi) is 13.1. The summed E-state index contributed by atoms with van der Waals surface area (Å²) < 4.78 is 42.2. The van der Waals surface area contributed by atoms with E-state index < -0.39 is 18.2 Å². The number of hydrogen-bond acceptors (Lipinski definition) is 8. The van der Waals surface area contributed by atoms with Gasteiger partial charge in [0, 0.05) is 18.6 Å². The van der Waals surface area contributed by atoms with E-state index in [1.807, 2.05) is 19.9 Å². The van der Waals surface area contributed by atoms with Crippen molar-refractivity contribution >= 4 is 12.0 Å². The van der Waals surface area contributed by atoms with Gasteiger partial charge in [0.15, 0.2) is 17.8 Å². The monoisotopic (exact) mass is 574 g/mol. The number of hydrogen-bond donors (Lipinski definition) is 2. The third-order valence-electron chi connectivity index (χ3n) is 6.77. The number of methoxy groups -OCH3 is 1. The molecule has 9 heteroatoms. The van der Waals surface area contributed by atoms with Crippen molar-refractivity contribution in [2.75, 3.05) is 33.5 Å². The average molecular weight is 575 g/mol. The first-order valence-electron chi connectivity index (χ1n) is 14.3. The summed E-state index contributed by atoms with van der Waals surface area (Å²) in [6, 6.07) is 8.01. The molecular formula is C32H43FO8. The van der Waals surface area contributed by atoms with Crippen LogP contribution in [0.25, 0.3) is 17.2 Å². The molecule has 1 saturated heterocycles. The molecule has 0 spiro atoms. The van der Waals surface area contributed by atoms with E-state index in [0.29, 0.717) is 35.8 Å². The Bertz CT molecular complexity index is 1130. The molecule has 1 aliphatic heterocycles. The van der Waals surface area contributed by atoms with Gasteiger partial charge in [0.05, 0.1) is 39.0 Å². The minimum absolute atomic E-state index is 0.0404. The van der Waals surface area contributed by atoms with Crippen LogP contribution in [-0.4, -0.2) is 68.2 Å². The van der Waals surface area contributed by atoms with E-state index >= 15 is 0 Å². The second-order valence-electron chi connectivity index (χ2n) is 10.3. The average Bonchev–Trinajstić information content (AvgIpc) is 2.94. The largest absolute Gasteiger partial charge is 0.492 e. The standard InChI is InChI=1S/C32H43FO8/c1-5-38-29(36)19-25(35)18-24(34)13-14-26-27(21(2)3)20-28(39-16-17-41-30-8-6-7-15-40-30)32(37-4)31(26)22-9-11-23(33)12-10-22/h9-14,20-21,24-25,30,34-35H,5-8,15-19H2,1-4H3. The number of rotatable bonds is 15. The summed E-state index contributed by atoms with van der Waals surface area (Å²) in [6.07, 6.45) is 3.78. The van der Waals surface area contributed by atoms with Crippen LogP contribution in [0.4, 0.5) is 4.39 Å². The Morgan fingerprint density at radius 3 is 2.56 bits per heavy atom. The molecule has 0 aliphatic carbocycles. The molecule has 1 aliphatic rings. The van der Waals surface area contributed by atoms with E-state index in [9.17, 15) is 19.4 Å². The molecule has 0 aromatic heterocycles. The molecule has 1 heterocycles. The number of benzene rings is 2. The van der Waals surface area contributed by atoms with Gasteiger partial charge in [-0.1, -0.05) is 38.1 Å². The lowest BCUT2D eigenvalue weighted by Gasteiger charge is -2.24. The molecule has 8 nitrogen and oxygen atoms in total. The highest BCUT2D eigenvalue weighted by atomic mass is 19.1. The number of esters is 1. The van der Waals surface area contributed by atoms with Crippen LogP contribution in [0.2, 0.25) is 0 Å². The SMILES string of the molecule is CCOC(=O)CC(O)CC(O)C=Cc1c(C(C)C)cc(OCCOC2CCCCO2)c(OC)c1-c1ccc(F)cc1. The minimum Gasteiger partial charge on any atom is -0.492 e. The molecular weight excluding hydrogens is 531 g/mol. The topological polar surface area (TPSA) is 104 Å². The van der Waals surface area contributed by atoms with Crippen molar-refractivity contribution in [3.8, 4) is 22.6 Å². The summed E-state index contributed by atoms with van der Waals surface area (Å²) in [7, 11) is 1.55. The van der Waals surface area contributed by atoms with Crippen LogP contribution >= 0.6 is 0 Å². The van der Waals surface area contributed by atoms with Gasteiger partial charge in [-0.15, -0.1) is 0 Å². The normalized spacial score (nSPS) is 17.0. The number of aliphatic hydroxyl groups is 2. The van der Waals surface area contributed by atoms with Crippen molar-refractivity contribution in [1.29, 1.82) is 0 Å². The zero-order valence-corrected chi connectivity index (χ0v) is 24.4. The zero-order valence-electron chi connectivity index (χ0n) is 24.4. The van der Waals surface area contributed by atoms with Crippen molar-refractivity contribution in [3.63, 3.8) is 0 Å². The van der Waals surface area contributed by atoms with E-state index in [-0.39, 0.29) is 44.1 Å². The van der Waals surface area contributed by atoms with Gasteiger partial charge in [-0.25, -0.2) is 4.39 Å². The molecule has 3 unspecified atom stereocenters. The van der Waals surface area contributed by atoms with Crippen LogP contribution in [0.15, 0.2) is 36.4 Å². The number of aliphatic hydroxyl groups excluding tert-OH is 2. The Labute approximate surface area is 242 Å². The lowest BCUT2D eigenvalue weighted by atomic mass is 9.88. The molecule has 2 N–H and O–H groups in total. The van der Waals surface area contributed by atoms with Crippen LogP contribution in [-0.2, 0) is 19.0 Å². The molecule has 0 amide bonds. The molecule has 3 rings (SSSR count). The predicted molar refractivity (Wildman–Crippen MR) is 154 cm³/mol. The van der Waals surface area contributed by atoms with E-state index in [1.54, 1.807) is 38.3 Å². The molecule has 2 aromatic rings. The third-order valence-corrected chi connectivity index (χ3v) is 6.77. The van der Waals surface area contributed by atoms with Crippen molar-refractivity contribution in [2.45, 2.75) is 77.3 Å². The smallest absolute Gasteiger partial charge is 0.308 e. The second kappa shape index (κ2) is 16.5. The second-order valence-corrected chi connectivity index (χ2v) is 10.3. The van der Waals surface area contributed by atoms with Gasteiger partial charge in [0.2, 0.25) is 0 Å². The molecule has 0 saturated carbocycles. The third kappa shape index (κ3) is 9.81. The van der Waals surface area contributed by atoms with Crippen molar-refractivity contribution in [1.82, 2.24) is 0 Å². The first-order valence-corrected chi connectivity index (χ1v) is 14.3. The summed E-state index contributed by atoms with van der Waals surface area (Å²) in [5, 5.41) is 20.9. The lowest BCUT2D eigenvalue weighted by molar-refractivity contribution is -0.165. The van der Waals surface area contributed by atoms with Gasteiger partial charge < -0.3 is 33.9 Å². The molecule has 2 aromatic carbocycles. The van der Waals surface area contributed by atoms with Crippen molar-refractivity contribution in [3.05, 3.63) is 53.4 Å². The van der Waals surface area contributed by atoms with Crippen LogP contribution in [0.3, 0.4) is 0 Å². The molecule has 41 heavy (non-hydrogen) atoms. The maximum Gasteiger partial charge on any atom is 0.308 e. The van der Waals surface area contributed by atoms with Gasteiger partial charge in [-0.2, -0.15) is 0 Å². The van der Waals surface area contributed by atoms with Gasteiger partial charge in [-0.3, -0.25) is 4.79 Å². The Morgan fingerprint density at radius 1 is 1.17 bits per heavy atom. The van der Waals surface area contributed by atoms with E-state index in [0.717, 1.165) is 30.4 Å². The quantitative estimate of drug-likeness (QED) is 0.209. The molecule has 226 valence electrons. The highest BCUT2D eigenvalue weighted by Gasteiger charge is 2.23. The first-order chi connectivity index (χ1) is 19.7. The van der Waals surface area contributed by atoms with Gasteiger partial charge in [0.25, 0.3) is 0 Å². The zero-order chi connectivity index (χ0) is 29.8. The van der Waals surface area contributed by atoms with Crippen molar-refractivity contribution in [2.24, 2.45) is 0 Å². The van der Waals surface area contributed by atoms with Crippen molar-refractivity contribution < 1.29 is 43.1 Å². The first kappa shape index (κ1) is 32.5. The van der Waals surface area contributed by atoms with Crippen LogP contribution < -0.4 is 9.47 Å². The van der Waals surface area contributed by atoms with Gasteiger partial charge >= 0.3 is 5.97 Å². The van der Waals surface area contributed by atoms with Crippen LogP contribution in [0.1, 0.15) is 69.9 Å². The van der Waals surface area contributed by atoms with Crippen LogP contribution in [0, 0.1) is 5.82 Å². The number of halogens is 1. The number of carbonyl (C=O) groups excluding carboxylic acids is 1. The van der Waals surface area contributed by atoms with E-state index in [1.165, 1.54) is 12.1 Å². The molecule has 3 atom stereocenters. The minimum atomic E-state index is -1.05. The molecule has 0 radical (unpaired) electrons. The van der Waals surface area contributed by atoms with E-state index in [2.05, 4.69) is 0 Å². The summed E-state index contributed by atoms with van der Waals surface area (Å²) in [5.74, 6) is 0.154. The summed E-state index contributed by atoms with van der Waals surface area (Å²) in [5.41, 5.74) is 3.08. The summed E-state index contributed by atoms with van der Waals surface area (Å²) >= 11 is 0. The predicted octanol–water partition coefficient (Wildman–Crippen LogP) is 5.63. The maximum atomic E-state index is 13.9. The molecule has 0 bridgehead atoms. The summed E-state index contributed by atoms with van der Waals surface area (Å²) in [6.45, 7) is 7.33. The van der Waals surface area contributed by atoms with Crippen LogP contribution in [0.5, 0.6) is 11.5 Å². The van der Waals surface area contributed by atoms with E-state index in [4.69, 9.17) is 23.7 Å². The van der Waals surface area contributed by atoms with Gasteiger partial charge in [-0.05, 0) is 67.0 Å². The Morgan fingerprint density at radius 2 is 1.93 bits per heavy atom. The Balaban J connectivity index is 1.91. The Hall–Kier alpha value is -2.98. The highest BCUT2D eigenvalue weighted by molar-refractivity contribution is 5.85. The van der Waals surface area contributed by atoms with Gasteiger partial charge in [0.1, 0.15) is 12.4 Å². The lowest BCUT2D eigenvalue weighted by Crippen LogP contribution is -2.24. The fraction of sp³-hybridized carbons (Fsp3) is 0.531. The number of ether oxygens (including phenoxy) is 5. The highest BCUT2D eigenvalue weighted by Crippen LogP contribution is 2.45. The fourth-order valence-corrected chi connectivity index (χ4v) is 4.78. The fourth-order valence-electron chi connectivity index (χ4n) is 4.78. The summed E-state index contributed by atoms with van der Waals surface area (Å²) in [4.78, 5) is 11.7. The molecule has 1 fully saturated rings. The maximum absolute atomic E-state index is 13.9. The number of carbonyl (C=O) groups is 1.